The van der Waals surface area contributed by atoms with Crippen LogP contribution >= 0.6 is 0 Å². The first kappa shape index (κ1) is 25.4. The minimum absolute atomic E-state index is 0. The summed E-state index contributed by atoms with van der Waals surface area (Å²) >= 11 is 0. The van der Waals surface area contributed by atoms with Crippen molar-refractivity contribution in [1.29, 1.82) is 0 Å². The van der Waals surface area contributed by atoms with Gasteiger partial charge in [0.2, 0.25) is 5.88 Å². The van der Waals surface area contributed by atoms with E-state index < -0.39 is 11.8 Å². The highest BCUT2D eigenvalue weighted by Gasteiger charge is 2.36. The molecule has 0 unspecified atom stereocenters. The number of amides is 2. The van der Waals surface area contributed by atoms with Gasteiger partial charge in [-0.3, -0.25) is 14.9 Å². The molecular weight excluding hydrogens is 474 g/mol. The molecule has 0 bridgehead atoms. The molecular formula is C27H27N5O5. The Morgan fingerprint density at radius 2 is 1.68 bits per heavy atom. The van der Waals surface area contributed by atoms with E-state index in [-0.39, 0.29) is 36.0 Å². The van der Waals surface area contributed by atoms with E-state index in [2.05, 4.69) is 20.3 Å². The van der Waals surface area contributed by atoms with Crippen molar-refractivity contribution in [3.8, 4) is 17.6 Å². The van der Waals surface area contributed by atoms with E-state index in [0.29, 0.717) is 30.8 Å². The van der Waals surface area contributed by atoms with Crippen molar-refractivity contribution in [2.45, 2.75) is 20.4 Å². The second-order valence-electron chi connectivity index (χ2n) is 7.94. The van der Waals surface area contributed by atoms with Crippen LogP contribution < -0.4 is 19.5 Å². The van der Waals surface area contributed by atoms with Gasteiger partial charge >= 0.3 is 6.01 Å². The van der Waals surface area contributed by atoms with Gasteiger partial charge in [-0.2, -0.15) is 4.98 Å². The Morgan fingerprint density at radius 1 is 0.919 bits per heavy atom. The van der Waals surface area contributed by atoms with Gasteiger partial charge in [-0.25, -0.2) is 9.97 Å². The molecule has 0 spiro atoms. The third-order valence-electron chi connectivity index (χ3n) is 5.77. The van der Waals surface area contributed by atoms with Gasteiger partial charge < -0.3 is 18.8 Å². The molecule has 0 fully saturated rings. The molecule has 4 heterocycles. The number of ether oxygens (including phenoxy) is 3. The van der Waals surface area contributed by atoms with E-state index in [1.54, 1.807) is 12.3 Å². The van der Waals surface area contributed by atoms with Crippen LogP contribution in [0.15, 0.2) is 61.1 Å². The normalized spacial score (nSPS) is 12.9. The molecule has 1 aliphatic heterocycles. The molecule has 4 aromatic rings. The smallest absolute Gasteiger partial charge is 0.319 e. The topological polar surface area (TPSA) is 117 Å². The van der Waals surface area contributed by atoms with E-state index in [4.69, 9.17) is 14.2 Å². The maximum absolute atomic E-state index is 13.0. The van der Waals surface area contributed by atoms with Crippen LogP contribution in [-0.4, -0.2) is 52.2 Å². The molecule has 1 N–H and O–H groups in total. The maximum Gasteiger partial charge on any atom is 0.319 e. The average Bonchev–Trinajstić information content (AvgIpc) is 3.42. The second kappa shape index (κ2) is 10.9. The number of carbonyl (C=O) groups is 2. The predicted molar refractivity (Wildman–Crippen MR) is 138 cm³/mol. The van der Waals surface area contributed by atoms with Crippen molar-refractivity contribution in [2.24, 2.45) is 0 Å². The van der Waals surface area contributed by atoms with E-state index in [0.717, 1.165) is 11.1 Å². The number of imide groups is 1. The number of nitrogens with zero attached hydrogens (tertiary/aromatic N) is 4. The van der Waals surface area contributed by atoms with Gasteiger partial charge in [0.15, 0.2) is 0 Å². The van der Waals surface area contributed by atoms with E-state index in [1.807, 2.05) is 47.2 Å². The number of pyridine rings is 1. The third-order valence-corrected chi connectivity index (χ3v) is 5.77. The van der Waals surface area contributed by atoms with Crippen LogP contribution in [0.1, 0.15) is 25.0 Å². The fourth-order valence-electron chi connectivity index (χ4n) is 4.18. The molecule has 0 radical (unpaired) electrons. The molecule has 1 aromatic carbocycles. The standard InChI is InChI=1S/C26H23N5O5.CH4/c1-34-25-18(14-28-26(30-25)35-2)20-21(24(33)29-23(20)32)19-15-31(22-17(19)10-6-11-27-22)12-7-13-36-16-8-4-3-5-9-16;/h3-6,8-11,14-15H,7,12-13H2,1-2H3,(H,29,32,33);1H4. The van der Waals surface area contributed by atoms with Gasteiger partial charge in [0.05, 0.1) is 37.5 Å². The second-order valence-corrected chi connectivity index (χ2v) is 7.94. The van der Waals surface area contributed by atoms with Crippen molar-refractivity contribution in [3.63, 3.8) is 0 Å². The highest BCUT2D eigenvalue weighted by molar-refractivity contribution is 6.50. The van der Waals surface area contributed by atoms with Crippen molar-refractivity contribution in [2.75, 3.05) is 20.8 Å². The summed E-state index contributed by atoms with van der Waals surface area (Å²) in [7, 11) is 2.85. The lowest BCUT2D eigenvalue weighted by molar-refractivity contribution is -0.122. The average molecular weight is 502 g/mol. The fourth-order valence-corrected chi connectivity index (χ4v) is 4.18. The van der Waals surface area contributed by atoms with E-state index in [1.165, 1.54) is 20.4 Å². The summed E-state index contributed by atoms with van der Waals surface area (Å²) in [5.41, 5.74) is 1.92. The van der Waals surface area contributed by atoms with Gasteiger partial charge in [0, 0.05) is 36.1 Å². The first-order valence-electron chi connectivity index (χ1n) is 11.3. The lowest BCUT2D eigenvalue weighted by Crippen LogP contribution is -2.23. The summed E-state index contributed by atoms with van der Waals surface area (Å²) in [6, 6.07) is 13.3. The number of carbonyl (C=O) groups excluding carboxylic acids is 2. The highest BCUT2D eigenvalue weighted by atomic mass is 16.5. The van der Waals surface area contributed by atoms with Crippen molar-refractivity contribution < 1.29 is 23.8 Å². The minimum Gasteiger partial charge on any atom is -0.494 e. The Kier molecular flexibility index (Phi) is 7.47. The number of para-hydroxylation sites is 1. The lowest BCUT2D eigenvalue weighted by Gasteiger charge is -2.09. The zero-order valence-electron chi connectivity index (χ0n) is 19.7. The van der Waals surface area contributed by atoms with Gasteiger partial charge in [-0.15, -0.1) is 0 Å². The molecule has 0 atom stereocenters. The van der Waals surface area contributed by atoms with Crippen LogP contribution in [0.5, 0.6) is 17.6 Å². The number of rotatable bonds is 9. The zero-order chi connectivity index (χ0) is 25.1. The SMILES string of the molecule is C.COc1ncc(C2=C(c3cn(CCCOc4ccccc4)c4ncccc34)C(=O)NC2=O)c(OC)n1. The van der Waals surface area contributed by atoms with Crippen LogP contribution in [0.4, 0.5) is 0 Å². The van der Waals surface area contributed by atoms with Crippen molar-refractivity contribution in [1.82, 2.24) is 24.8 Å². The highest BCUT2D eigenvalue weighted by Crippen LogP contribution is 2.38. The number of benzene rings is 1. The molecule has 3 aromatic heterocycles. The summed E-state index contributed by atoms with van der Waals surface area (Å²) in [5.74, 6) is -0.134. The van der Waals surface area contributed by atoms with Gasteiger partial charge in [-0.05, 0) is 30.7 Å². The fraction of sp³-hybridized carbons (Fsp3) is 0.222. The Morgan fingerprint density at radius 3 is 2.41 bits per heavy atom. The van der Waals surface area contributed by atoms with E-state index in [9.17, 15) is 9.59 Å². The summed E-state index contributed by atoms with van der Waals surface area (Å²) in [6.45, 7) is 1.12. The van der Waals surface area contributed by atoms with Gasteiger partial charge in [0.25, 0.3) is 11.8 Å². The van der Waals surface area contributed by atoms with Crippen molar-refractivity contribution >= 4 is 34.0 Å². The molecule has 1 aliphatic rings. The number of hydrogen-bond acceptors (Lipinski definition) is 8. The number of aromatic nitrogens is 4. The largest absolute Gasteiger partial charge is 0.494 e. The summed E-state index contributed by atoms with van der Waals surface area (Å²) < 4.78 is 18.2. The van der Waals surface area contributed by atoms with Crippen LogP contribution in [0.3, 0.4) is 0 Å². The summed E-state index contributed by atoms with van der Waals surface area (Å²) in [4.78, 5) is 38.7. The number of aryl methyl sites for hydroxylation is 1. The summed E-state index contributed by atoms with van der Waals surface area (Å²) in [6.07, 6.45) is 5.66. The molecule has 0 aliphatic carbocycles. The molecule has 10 heteroatoms. The monoisotopic (exact) mass is 501 g/mol. The van der Waals surface area contributed by atoms with E-state index >= 15 is 0 Å². The van der Waals surface area contributed by atoms with Crippen LogP contribution in [0, 0.1) is 0 Å². The minimum atomic E-state index is -0.553. The molecule has 2 amide bonds. The Bertz CT molecular complexity index is 1480. The zero-order valence-corrected chi connectivity index (χ0v) is 19.7. The molecule has 0 saturated heterocycles. The predicted octanol–water partition coefficient (Wildman–Crippen LogP) is 3.52. The number of methoxy groups -OCH3 is 2. The number of fused-ring (bicyclic) bond motifs is 1. The first-order chi connectivity index (χ1) is 17.6. The van der Waals surface area contributed by atoms with Crippen molar-refractivity contribution in [3.05, 3.63) is 72.2 Å². The van der Waals surface area contributed by atoms with Gasteiger partial charge in [-0.1, -0.05) is 25.6 Å². The van der Waals surface area contributed by atoms with Crippen LogP contribution in [0.2, 0.25) is 0 Å². The number of nitrogens with one attached hydrogen (secondary N) is 1. The lowest BCUT2D eigenvalue weighted by atomic mass is 9.97. The van der Waals surface area contributed by atoms with Gasteiger partial charge in [0.1, 0.15) is 11.4 Å². The molecule has 37 heavy (non-hydrogen) atoms. The first-order valence-corrected chi connectivity index (χ1v) is 11.3. The Labute approximate surface area is 213 Å². The molecule has 190 valence electrons. The Hall–Kier alpha value is -4.73. The van der Waals surface area contributed by atoms with Crippen LogP contribution in [0.25, 0.3) is 22.2 Å². The Balaban J connectivity index is 0.00000320. The number of hydrogen-bond donors (Lipinski definition) is 1. The molecule has 10 nitrogen and oxygen atoms in total. The quantitative estimate of drug-likeness (QED) is 0.274. The summed E-state index contributed by atoms with van der Waals surface area (Å²) in [5, 5.41) is 3.14. The van der Waals surface area contributed by atoms with Crippen LogP contribution in [-0.2, 0) is 16.1 Å². The third kappa shape index (κ3) is 4.86. The molecule has 5 rings (SSSR count). The molecule has 0 saturated carbocycles. The maximum atomic E-state index is 13.0.